The van der Waals surface area contributed by atoms with Crippen molar-refractivity contribution in [1.29, 1.82) is 0 Å². The van der Waals surface area contributed by atoms with E-state index in [1.165, 1.54) is 0 Å². The summed E-state index contributed by atoms with van der Waals surface area (Å²) in [4.78, 5) is 14.0. The Morgan fingerprint density at radius 3 is 2.22 bits per heavy atom. The number of ether oxygens (including phenoxy) is 2. The van der Waals surface area contributed by atoms with Crippen LogP contribution in [0.4, 0.5) is 0 Å². The first-order valence-electron chi connectivity index (χ1n) is 7.29. The maximum absolute atomic E-state index is 12.4. The molecular weight excluding hydrogens is 314 g/mol. The summed E-state index contributed by atoms with van der Waals surface area (Å²) in [6, 6.07) is 14.6. The summed E-state index contributed by atoms with van der Waals surface area (Å²) in [5, 5.41) is 0.632. The lowest BCUT2D eigenvalue weighted by atomic mass is 10.2. The van der Waals surface area contributed by atoms with Gasteiger partial charge in [-0.05, 0) is 48.9 Å². The molecule has 0 aliphatic rings. The number of amides is 1. The molecule has 0 heterocycles. The van der Waals surface area contributed by atoms with Crippen LogP contribution < -0.4 is 9.47 Å². The highest BCUT2D eigenvalue weighted by molar-refractivity contribution is 6.30. The third-order valence-electron chi connectivity index (χ3n) is 3.43. The zero-order valence-electron chi connectivity index (χ0n) is 13.5. The van der Waals surface area contributed by atoms with E-state index < -0.39 is 6.10 Å². The minimum absolute atomic E-state index is 0.0873. The first-order chi connectivity index (χ1) is 11.0. The average molecular weight is 334 g/mol. The zero-order valence-corrected chi connectivity index (χ0v) is 14.2. The summed E-state index contributed by atoms with van der Waals surface area (Å²) < 4.78 is 10.8. The molecule has 23 heavy (non-hydrogen) atoms. The number of likely N-dealkylation sites (N-methyl/N-ethyl adjacent to an activating group) is 1. The Kier molecular flexibility index (Phi) is 5.88. The van der Waals surface area contributed by atoms with Crippen molar-refractivity contribution >= 4 is 17.5 Å². The molecule has 0 saturated carbocycles. The van der Waals surface area contributed by atoms with Crippen LogP contribution >= 0.6 is 11.6 Å². The van der Waals surface area contributed by atoms with Crippen LogP contribution in [0, 0.1) is 0 Å². The molecule has 2 rings (SSSR count). The van der Waals surface area contributed by atoms with Crippen molar-refractivity contribution in [2.45, 2.75) is 19.6 Å². The quantitative estimate of drug-likeness (QED) is 0.807. The Hall–Kier alpha value is -2.20. The summed E-state index contributed by atoms with van der Waals surface area (Å²) in [6.45, 7) is 2.25. The zero-order chi connectivity index (χ0) is 16.8. The summed E-state index contributed by atoms with van der Waals surface area (Å²) in [6.07, 6.45) is -0.570. The van der Waals surface area contributed by atoms with E-state index in [2.05, 4.69) is 0 Å². The number of rotatable bonds is 6. The highest BCUT2D eigenvalue weighted by Gasteiger charge is 2.19. The fraction of sp³-hybridized carbons (Fsp3) is 0.278. The molecule has 0 radical (unpaired) electrons. The Balaban J connectivity index is 1.93. The van der Waals surface area contributed by atoms with Crippen LogP contribution in [0.1, 0.15) is 12.5 Å². The number of methoxy groups -OCH3 is 1. The normalized spacial score (nSPS) is 11.7. The van der Waals surface area contributed by atoms with Gasteiger partial charge in [0.15, 0.2) is 6.10 Å². The van der Waals surface area contributed by atoms with Crippen LogP contribution in [-0.4, -0.2) is 31.1 Å². The number of halogens is 1. The first kappa shape index (κ1) is 17.2. The predicted octanol–water partition coefficient (Wildman–Crippen LogP) is 3.77. The summed E-state index contributed by atoms with van der Waals surface area (Å²) in [5.74, 6) is 1.33. The number of hydrogen-bond acceptors (Lipinski definition) is 3. The van der Waals surface area contributed by atoms with Gasteiger partial charge in [-0.1, -0.05) is 23.7 Å². The predicted molar refractivity (Wildman–Crippen MR) is 91.0 cm³/mol. The molecule has 0 fully saturated rings. The van der Waals surface area contributed by atoms with Gasteiger partial charge in [0.2, 0.25) is 0 Å². The van der Waals surface area contributed by atoms with E-state index in [9.17, 15) is 4.79 Å². The van der Waals surface area contributed by atoms with Crippen molar-refractivity contribution in [3.63, 3.8) is 0 Å². The van der Waals surface area contributed by atoms with Gasteiger partial charge in [0.05, 0.1) is 7.11 Å². The van der Waals surface area contributed by atoms with Crippen LogP contribution in [0.25, 0.3) is 0 Å². The molecule has 0 bridgehead atoms. The fourth-order valence-corrected chi connectivity index (χ4v) is 2.29. The Bertz CT molecular complexity index is 640. The van der Waals surface area contributed by atoms with Gasteiger partial charge in [-0.2, -0.15) is 0 Å². The van der Waals surface area contributed by atoms with Gasteiger partial charge in [-0.25, -0.2) is 0 Å². The van der Waals surface area contributed by atoms with Gasteiger partial charge in [-0.3, -0.25) is 4.79 Å². The second kappa shape index (κ2) is 7.88. The molecule has 0 N–H and O–H groups in total. The third-order valence-corrected chi connectivity index (χ3v) is 3.68. The summed E-state index contributed by atoms with van der Waals surface area (Å²) >= 11 is 5.83. The van der Waals surface area contributed by atoms with Crippen molar-refractivity contribution < 1.29 is 14.3 Å². The maximum Gasteiger partial charge on any atom is 0.263 e. The van der Waals surface area contributed by atoms with Gasteiger partial charge in [0, 0.05) is 18.6 Å². The first-order valence-corrected chi connectivity index (χ1v) is 7.67. The third kappa shape index (κ3) is 4.89. The Morgan fingerprint density at radius 2 is 1.65 bits per heavy atom. The lowest BCUT2D eigenvalue weighted by Crippen LogP contribution is -2.37. The molecule has 122 valence electrons. The molecule has 1 amide bonds. The smallest absolute Gasteiger partial charge is 0.263 e. The number of nitrogens with zero attached hydrogens (tertiary/aromatic N) is 1. The molecule has 2 aromatic carbocycles. The van der Waals surface area contributed by atoms with Gasteiger partial charge in [0.1, 0.15) is 11.5 Å². The molecule has 5 heteroatoms. The molecule has 0 saturated heterocycles. The van der Waals surface area contributed by atoms with Crippen LogP contribution in [0.3, 0.4) is 0 Å². The van der Waals surface area contributed by atoms with Gasteiger partial charge < -0.3 is 14.4 Å². The second-order valence-corrected chi connectivity index (χ2v) is 5.69. The lowest BCUT2D eigenvalue weighted by molar-refractivity contribution is -0.137. The van der Waals surface area contributed by atoms with Crippen LogP contribution in [0.15, 0.2) is 48.5 Å². The van der Waals surface area contributed by atoms with E-state index in [4.69, 9.17) is 21.1 Å². The number of carbonyl (C=O) groups is 1. The highest BCUT2D eigenvalue weighted by atomic mass is 35.5. The van der Waals surface area contributed by atoms with E-state index in [1.54, 1.807) is 50.2 Å². The van der Waals surface area contributed by atoms with Crippen molar-refractivity contribution in [1.82, 2.24) is 4.90 Å². The lowest BCUT2D eigenvalue weighted by Gasteiger charge is -2.22. The Labute approximate surface area is 141 Å². The minimum atomic E-state index is -0.570. The van der Waals surface area contributed by atoms with E-state index in [1.807, 2.05) is 24.3 Å². The monoisotopic (exact) mass is 333 g/mol. The van der Waals surface area contributed by atoms with Crippen molar-refractivity contribution in [3.8, 4) is 11.5 Å². The number of hydrogen-bond donors (Lipinski definition) is 0. The molecular formula is C18H20ClNO3. The average Bonchev–Trinajstić information content (AvgIpc) is 2.56. The second-order valence-electron chi connectivity index (χ2n) is 5.26. The largest absolute Gasteiger partial charge is 0.497 e. The standard InChI is InChI=1S/C18H20ClNO3/c1-13(23-17-10-6-15(19)7-11-17)18(21)20(2)12-14-4-8-16(22-3)9-5-14/h4-11,13H,12H2,1-3H3/t13-/m0/s1. The molecule has 0 aliphatic carbocycles. The molecule has 4 nitrogen and oxygen atoms in total. The highest BCUT2D eigenvalue weighted by Crippen LogP contribution is 2.18. The van der Waals surface area contributed by atoms with E-state index in [0.717, 1.165) is 11.3 Å². The molecule has 0 aliphatic heterocycles. The number of carbonyl (C=O) groups excluding carboxylic acids is 1. The summed E-state index contributed by atoms with van der Waals surface area (Å²) in [7, 11) is 3.38. The van der Waals surface area contributed by atoms with Crippen molar-refractivity contribution in [3.05, 3.63) is 59.1 Å². The van der Waals surface area contributed by atoms with Crippen LogP contribution in [0.2, 0.25) is 5.02 Å². The summed E-state index contributed by atoms with van der Waals surface area (Å²) in [5.41, 5.74) is 1.03. The fourth-order valence-electron chi connectivity index (χ4n) is 2.16. The molecule has 1 atom stereocenters. The number of benzene rings is 2. The van der Waals surface area contributed by atoms with Crippen LogP contribution in [0.5, 0.6) is 11.5 Å². The van der Waals surface area contributed by atoms with E-state index in [-0.39, 0.29) is 5.91 Å². The van der Waals surface area contributed by atoms with Gasteiger partial charge in [0.25, 0.3) is 5.91 Å². The molecule has 0 unspecified atom stereocenters. The van der Waals surface area contributed by atoms with Gasteiger partial charge in [-0.15, -0.1) is 0 Å². The SMILES string of the molecule is COc1ccc(CN(C)C(=O)[C@H](C)Oc2ccc(Cl)cc2)cc1. The van der Waals surface area contributed by atoms with Crippen LogP contribution in [-0.2, 0) is 11.3 Å². The molecule has 0 aromatic heterocycles. The molecule has 2 aromatic rings. The van der Waals surface area contributed by atoms with Crippen molar-refractivity contribution in [2.75, 3.05) is 14.2 Å². The van der Waals surface area contributed by atoms with E-state index in [0.29, 0.717) is 17.3 Å². The van der Waals surface area contributed by atoms with E-state index >= 15 is 0 Å². The topological polar surface area (TPSA) is 38.8 Å². The Morgan fingerprint density at radius 1 is 1.09 bits per heavy atom. The minimum Gasteiger partial charge on any atom is -0.497 e. The molecule has 0 spiro atoms. The maximum atomic E-state index is 12.4. The van der Waals surface area contributed by atoms with Gasteiger partial charge >= 0.3 is 0 Å². The van der Waals surface area contributed by atoms with Crippen molar-refractivity contribution in [2.24, 2.45) is 0 Å².